The van der Waals surface area contributed by atoms with E-state index < -0.39 is 21.0 Å². The van der Waals surface area contributed by atoms with E-state index in [0.29, 0.717) is 26.3 Å². The molecule has 0 aromatic heterocycles. The Balaban J connectivity index is 1.83. The summed E-state index contributed by atoms with van der Waals surface area (Å²) < 4.78 is 44.5. The molecule has 1 heterocycles. The zero-order valence-corrected chi connectivity index (χ0v) is 18.0. The first kappa shape index (κ1) is 22.4. The molecule has 1 aliphatic rings. The molecule has 1 N–H and O–H groups in total. The normalized spacial score (nSPS) is 16.4. The average molecular weight is 435 g/mol. The largest absolute Gasteiger partial charge is 0.379 e. The number of morpholine rings is 1. The van der Waals surface area contributed by atoms with Crippen LogP contribution in [0, 0.1) is 5.82 Å². The van der Waals surface area contributed by atoms with Crippen molar-refractivity contribution in [3.05, 3.63) is 65.5 Å². The number of rotatable bonds is 7. The van der Waals surface area contributed by atoms with Crippen molar-refractivity contribution in [3.8, 4) is 0 Å². The number of hydrogen-bond donors (Lipinski definition) is 1. The maximum Gasteiger partial charge on any atom is 0.252 e. The second-order valence-corrected chi connectivity index (χ2v) is 9.99. The summed E-state index contributed by atoms with van der Waals surface area (Å²) in [6, 6.07) is 12.3. The maximum absolute atomic E-state index is 13.8. The van der Waals surface area contributed by atoms with Gasteiger partial charge in [0.1, 0.15) is 5.82 Å². The van der Waals surface area contributed by atoms with E-state index in [0.717, 1.165) is 5.56 Å². The number of benzene rings is 2. The predicted octanol–water partition coefficient (Wildman–Crippen LogP) is 2.81. The molecule has 2 aromatic carbocycles. The minimum atomic E-state index is -3.61. The summed E-state index contributed by atoms with van der Waals surface area (Å²) in [5, 5.41) is 2.22. The Morgan fingerprint density at radius 3 is 2.50 bits per heavy atom. The van der Waals surface area contributed by atoms with Crippen molar-refractivity contribution in [3.63, 3.8) is 0 Å². The molecule has 1 aliphatic heterocycles. The fourth-order valence-electron chi connectivity index (χ4n) is 3.50. The Morgan fingerprint density at radius 2 is 1.83 bits per heavy atom. The van der Waals surface area contributed by atoms with E-state index in [1.54, 1.807) is 32.0 Å². The number of nitrogens with one attached hydrogen (secondary N) is 1. The van der Waals surface area contributed by atoms with Crippen LogP contribution in [0.2, 0.25) is 0 Å². The van der Waals surface area contributed by atoms with Gasteiger partial charge in [-0.3, -0.25) is 9.69 Å². The third-order valence-electron chi connectivity index (χ3n) is 5.23. The van der Waals surface area contributed by atoms with Gasteiger partial charge in [-0.15, -0.1) is 0 Å². The zero-order valence-electron chi connectivity index (χ0n) is 17.2. The fraction of sp³-hybridized carbons (Fsp3) is 0.409. The van der Waals surface area contributed by atoms with E-state index in [9.17, 15) is 17.6 Å². The molecule has 1 unspecified atom stereocenters. The number of hydrogen-bond acceptors (Lipinski definition) is 5. The Kier molecular flexibility index (Phi) is 7.23. The summed E-state index contributed by atoms with van der Waals surface area (Å²) in [6.45, 7) is 5.85. The lowest BCUT2D eigenvalue weighted by Crippen LogP contribution is -2.44. The highest BCUT2D eigenvalue weighted by molar-refractivity contribution is 7.92. The SMILES string of the molecule is CC(C)S(=O)(=O)c1ccccc1C(=O)NCC(c1cccc(F)c1)N1CCOCC1. The number of carbonyl (C=O) groups is 1. The zero-order chi connectivity index (χ0) is 21.7. The lowest BCUT2D eigenvalue weighted by Gasteiger charge is -2.35. The number of halogens is 1. The first-order valence-electron chi connectivity index (χ1n) is 9.99. The highest BCUT2D eigenvalue weighted by atomic mass is 32.2. The van der Waals surface area contributed by atoms with Crippen LogP contribution < -0.4 is 5.32 Å². The van der Waals surface area contributed by atoms with Crippen molar-refractivity contribution in [2.75, 3.05) is 32.8 Å². The summed E-state index contributed by atoms with van der Waals surface area (Å²) in [7, 11) is -3.61. The predicted molar refractivity (Wildman–Crippen MR) is 113 cm³/mol. The number of nitrogens with zero attached hydrogens (tertiary/aromatic N) is 1. The van der Waals surface area contributed by atoms with Gasteiger partial charge in [0, 0.05) is 19.6 Å². The van der Waals surface area contributed by atoms with Crippen LogP contribution in [0.15, 0.2) is 53.4 Å². The minimum absolute atomic E-state index is 0.0196. The number of amides is 1. The van der Waals surface area contributed by atoms with Crippen LogP contribution >= 0.6 is 0 Å². The molecule has 0 aliphatic carbocycles. The molecule has 0 spiro atoms. The molecule has 1 atom stereocenters. The lowest BCUT2D eigenvalue weighted by molar-refractivity contribution is 0.0161. The van der Waals surface area contributed by atoms with E-state index >= 15 is 0 Å². The van der Waals surface area contributed by atoms with E-state index in [1.165, 1.54) is 24.3 Å². The third kappa shape index (κ3) is 5.06. The maximum atomic E-state index is 13.8. The van der Waals surface area contributed by atoms with Gasteiger partial charge in [-0.2, -0.15) is 0 Å². The van der Waals surface area contributed by atoms with Crippen LogP contribution in [0.4, 0.5) is 4.39 Å². The fourth-order valence-corrected chi connectivity index (χ4v) is 4.75. The highest BCUT2D eigenvalue weighted by Gasteiger charge is 2.27. The topological polar surface area (TPSA) is 75.7 Å². The van der Waals surface area contributed by atoms with Gasteiger partial charge < -0.3 is 10.1 Å². The summed E-state index contributed by atoms with van der Waals surface area (Å²) in [6.07, 6.45) is 0. The third-order valence-corrected chi connectivity index (χ3v) is 7.44. The van der Waals surface area contributed by atoms with Crippen LogP contribution in [-0.4, -0.2) is 57.3 Å². The second kappa shape index (κ2) is 9.68. The molecule has 6 nitrogen and oxygen atoms in total. The first-order chi connectivity index (χ1) is 14.3. The molecular formula is C22H27FN2O4S. The average Bonchev–Trinajstić information content (AvgIpc) is 2.74. The molecule has 0 saturated carbocycles. The van der Waals surface area contributed by atoms with Crippen molar-refractivity contribution < 1.29 is 22.3 Å². The second-order valence-electron chi connectivity index (χ2n) is 7.52. The molecule has 30 heavy (non-hydrogen) atoms. The van der Waals surface area contributed by atoms with Crippen molar-refractivity contribution >= 4 is 15.7 Å². The molecule has 1 saturated heterocycles. The number of sulfone groups is 1. The lowest BCUT2D eigenvalue weighted by atomic mass is 10.0. The van der Waals surface area contributed by atoms with Gasteiger partial charge in [0.25, 0.3) is 5.91 Å². The molecule has 1 fully saturated rings. The van der Waals surface area contributed by atoms with E-state index in [4.69, 9.17) is 4.74 Å². The summed E-state index contributed by atoms with van der Waals surface area (Å²) >= 11 is 0. The smallest absolute Gasteiger partial charge is 0.252 e. The molecule has 8 heteroatoms. The van der Waals surface area contributed by atoms with Gasteiger partial charge in [0.2, 0.25) is 0 Å². The number of ether oxygens (including phenoxy) is 1. The van der Waals surface area contributed by atoms with E-state index in [2.05, 4.69) is 10.2 Å². The molecule has 162 valence electrons. The Labute approximate surface area is 177 Å². The van der Waals surface area contributed by atoms with E-state index in [1.807, 2.05) is 6.07 Å². The van der Waals surface area contributed by atoms with Gasteiger partial charge in [0.15, 0.2) is 9.84 Å². The van der Waals surface area contributed by atoms with Gasteiger partial charge in [0.05, 0.1) is 35.0 Å². The highest BCUT2D eigenvalue weighted by Crippen LogP contribution is 2.24. The molecule has 0 radical (unpaired) electrons. The molecule has 3 rings (SSSR count). The molecule has 0 bridgehead atoms. The standard InChI is InChI=1S/C22H27FN2O4S/c1-16(2)30(27,28)21-9-4-3-8-19(21)22(26)24-15-20(25-10-12-29-13-11-25)17-6-5-7-18(23)14-17/h3-9,14,16,20H,10-13,15H2,1-2H3,(H,24,26). The summed E-state index contributed by atoms with van der Waals surface area (Å²) in [4.78, 5) is 15.1. The van der Waals surface area contributed by atoms with Crippen LogP contribution in [0.1, 0.15) is 35.8 Å². The monoisotopic (exact) mass is 434 g/mol. The van der Waals surface area contributed by atoms with Crippen molar-refractivity contribution in [1.82, 2.24) is 10.2 Å². The molecule has 1 amide bonds. The summed E-state index contributed by atoms with van der Waals surface area (Å²) in [5.41, 5.74) is 0.867. The molecule has 2 aromatic rings. The van der Waals surface area contributed by atoms with Crippen molar-refractivity contribution in [2.24, 2.45) is 0 Å². The van der Waals surface area contributed by atoms with Gasteiger partial charge >= 0.3 is 0 Å². The molecular weight excluding hydrogens is 407 g/mol. The quantitative estimate of drug-likeness (QED) is 0.725. The van der Waals surface area contributed by atoms with E-state index in [-0.39, 0.29) is 28.9 Å². The van der Waals surface area contributed by atoms with Crippen LogP contribution in [0.25, 0.3) is 0 Å². The van der Waals surface area contributed by atoms with Crippen molar-refractivity contribution in [1.29, 1.82) is 0 Å². The minimum Gasteiger partial charge on any atom is -0.379 e. The Morgan fingerprint density at radius 1 is 1.13 bits per heavy atom. The van der Waals surface area contributed by atoms with Crippen LogP contribution in [-0.2, 0) is 14.6 Å². The number of carbonyl (C=O) groups excluding carboxylic acids is 1. The Bertz CT molecular complexity index is 988. The van der Waals surface area contributed by atoms with Gasteiger partial charge in [-0.25, -0.2) is 12.8 Å². The van der Waals surface area contributed by atoms with Gasteiger partial charge in [-0.1, -0.05) is 24.3 Å². The Hall–Kier alpha value is -2.29. The first-order valence-corrected chi connectivity index (χ1v) is 11.5. The van der Waals surface area contributed by atoms with Gasteiger partial charge in [-0.05, 0) is 43.7 Å². The van der Waals surface area contributed by atoms with Crippen molar-refractivity contribution in [2.45, 2.75) is 30.0 Å². The van der Waals surface area contributed by atoms with Crippen LogP contribution in [0.5, 0.6) is 0 Å². The summed E-state index contributed by atoms with van der Waals surface area (Å²) in [5.74, 6) is -0.810. The van der Waals surface area contributed by atoms with Crippen LogP contribution in [0.3, 0.4) is 0 Å².